The molecule has 0 spiro atoms. The fourth-order valence-electron chi connectivity index (χ4n) is 3.14. The van der Waals surface area contributed by atoms with Crippen LogP contribution in [0, 0.1) is 13.8 Å². The van der Waals surface area contributed by atoms with Crippen LogP contribution in [0.25, 0.3) is 0 Å². The molecule has 2 aromatic carbocycles. The standard InChI is InChI=1S/C22H28N2O5S/c1-5-19(22(26)24-21-15(3)10-9-11-16(21)4)30(27,28)14-20(25)23-17-12-7-8-13-18(17)29-6-2/h7-13,19H,5-6,14H2,1-4H3,(H,23,25)(H,24,26). The van der Waals surface area contributed by atoms with Gasteiger partial charge in [0.05, 0.1) is 12.3 Å². The van der Waals surface area contributed by atoms with Crippen LogP contribution in [-0.2, 0) is 19.4 Å². The van der Waals surface area contributed by atoms with Crippen molar-refractivity contribution in [2.24, 2.45) is 0 Å². The number of hydrogen-bond donors (Lipinski definition) is 2. The van der Waals surface area contributed by atoms with Gasteiger partial charge in [-0.3, -0.25) is 9.59 Å². The molecule has 0 radical (unpaired) electrons. The third-order valence-electron chi connectivity index (χ3n) is 4.62. The second-order valence-corrected chi connectivity index (χ2v) is 9.12. The average Bonchev–Trinajstić information content (AvgIpc) is 2.66. The maximum atomic E-state index is 12.8. The quantitative estimate of drug-likeness (QED) is 0.632. The summed E-state index contributed by atoms with van der Waals surface area (Å²) in [5.74, 6) is -1.71. The maximum absolute atomic E-state index is 12.8. The van der Waals surface area contributed by atoms with E-state index in [9.17, 15) is 18.0 Å². The molecule has 2 N–H and O–H groups in total. The van der Waals surface area contributed by atoms with Gasteiger partial charge in [0.25, 0.3) is 0 Å². The molecule has 0 aliphatic heterocycles. The van der Waals surface area contributed by atoms with Gasteiger partial charge in [-0.05, 0) is 50.5 Å². The number of benzene rings is 2. The summed E-state index contributed by atoms with van der Waals surface area (Å²) < 4.78 is 31.1. The zero-order chi connectivity index (χ0) is 22.3. The molecule has 0 aliphatic rings. The van der Waals surface area contributed by atoms with E-state index in [1.165, 1.54) is 0 Å². The Kier molecular flexibility index (Phi) is 8.00. The van der Waals surface area contributed by atoms with Crippen molar-refractivity contribution in [3.05, 3.63) is 53.6 Å². The molecular formula is C22H28N2O5S. The molecule has 0 saturated carbocycles. The zero-order valence-electron chi connectivity index (χ0n) is 17.7. The summed E-state index contributed by atoms with van der Waals surface area (Å²) in [5, 5.41) is 3.95. The van der Waals surface area contributed by atoms with Crippen LogP contribution < -0.4 is 15.4 Å². The molecule has 0 fully saturated rings. The number of ether oxygens (including phenoxy) is 1. The van der Waals surface area contributed by atoms with Crippen molar-refractivity contribution >= 4 is 33.0 Å². The summed E-state index contributed by atoms with van der Waals surface area (Å²) in [7, 11) is -4.03. The molecule has 0 aliphatic carbocycles. The minimum absolute atomic E-state index is 0.0574. The first-order valence-corrected chi connectivity index (χ1v) is 11.5. The van der Waals surface area contributed by atoms with Gasteiger partial charge < -0.3 is 15.4 Å². The number of carbonyl (C=O) groups is 2. The number of aryl methyl sites for hydroxylation is 2. The first-order chi connectivity index (χ1) is 14.2. The van der Waals surface area contributed by atoms with Gasteiger partial charge in [-0.2, -0.15) is 0 Å². The van der Waals surface area contributed by atoms with Crippen LogP contribution in [0.15, 0.2) is 42.5 Å². The number of amides is 2. The van der Waals surface area contributed by atoms with E-state index in [0.29, 0.717) is 23.7 Å². The van der Waals surface area contributed by atoms with Crippen LogP contribution in [-0.4, -0.2) is 37.8 Å². The van der Waals surface area contributed by atoms with E-state index < -0.39 is 32.7 Å². The fourth-order valence-corrected chi connectivity index (χ4v) is 4.67. The van der Waals surface area contributed by atoms with E-state index in [0.717, 1.165) is 11.1 Å². The smallest absolute Gasteiger partial charge is 0.242 e. The first kappa shape index (κ1) is 23.4. The minimum Gasteiger partial charge on any atom is -0.492 e. The molecule has 8 heteroatoms. The lowest BCUT2D eigenvalue weighted by Gasteiger charge is -2.18. The number of sulfone groups is 1. The Balaban J connectivity index is 2.14. The topological polar surface area (TPSA) is 102 Å². The molecule has 2 amide bonds. The monoisotopic (exact) mass is 432 g/mol. The van der Waals surface area contributed by atoms with Gasteiger partial charge in [-0.25, -0.2) is 8.42 Å². The second kappa shape index (κ2) is 10.2. The number of nitrogens with one attached hydrogen (secondary N) is 2. The van der Waals surface area contributed by atoms with E-state index in [4.69, 9.17) is 4.74 Å². The molecular weight excluding hydrogens is 404 g/mol. The SMILES string of the molecule is CCOc1ccccc1NC(=O)CS(=O)(=O)C(CC)C(=O)Nc1c(C)cccc1C. The van der Waals surface area contributed by atoms with E-state index in [2.05, 4.69) is 10.6 Å². The summed E-state index contributed by atoms with van der Waals surface area (Å²) in [4.78, 5) is 25.1. The lowest BCUT2D eigenvalue weighted by Crippen LogP contribution is -2.39. The molecule has 1 unspecified atom stereocenters. The summed E-state index contributed by atoms with van der Waals surface area (Å²) in [6.45, 7) is 7.49. The molecule has 2 aromatic rings. The van der Waals surface area contributed by atoms with Crippen molar-refractivity contribution in [1.29, 1.82) is 0 Å². The fraction of sp³-hybridized carbons (Fsp3) is 0.364. The molecule has 1 atom stereocenters. The highest BCUT2D eigenvalue weighted by Gasteiger charge is 2.33. The summed E-state index contributed by atoms with van der Waals surface area (Å²) >= 11 is 0. The van der Waals surface area contributed by atoms with Crippen LogP contribution in [0.5, 0.6) is 5.75 Å². The van der Waals surface area contributed by atoms with Gasteiger partial charge in [0.2, 0.25) is 11.8 Å². The van der Waals surface area contributed by atoms with Crippen molar-refractivity contribution < 1.29 is 22.7 Å². The molecule has 30 heavy (non-hydrogen) atoms. The van der Waals surface area contributed by atoms with E-state index in [1.54, 1.807) is 31.2 Å². The molecule has 2 rings (SSSR count). The van der Waals surface area contributed by atoms with Gasteiger partial charge in [0.15, 0.2) is 9.84 Å². The van der Waals surface area contributed by atoms with Crippen LogP contribution in [0.4, 0.5) is 11.4 Å². The molecule has 162 valence electrons. The van der Waals surface area contributed by atoms with Crippen molar-refractivity contribution in [2.75, 3.05) is 23.0 Å². The van der Waals surface area contributed by atoms with Gasteiger partial charge in [0, 0.05) is 5.69 Å². The predicted octanol–water partition coefficient (Wildman–Crippen LogP) is 3.47. The molecule has 0 saturated heterocycles. The van der Waals surface area contributed by atoms with Gasteiger partial charge in [-0.1, -0.05) is 37.3 Å². The highest BCUT2D eigenvalue weighted by molar-refractivity contribution is 7.93. The molecule has 0 heterocycles. The molecule has 0 bridgehead atoms. The summed E-state index contributed by atoms with van der Waals surface area (Å²) in [6.07, 6.45) is 0.0574. The third-order valence-corrected chi connectivity index (χ3v) is 6.70. The molecule has 0 aromatic heterocycles. The first-order valence-electron chi connectivity index (χ1n) is 9.79. The van der Waals surface area contributed by atoms with Crippen molar-refractivity contribution in [3.63, 3.8) is 0 Å². The van der Waals surface area contributed by atoms with Crippen molar-refractivity contribution in [1.82, 2.24) is 0 Å². The number of hydrogen-bond acceptors (Lipinski definition) is 5. The third kappa shape index (κ3) is 5.82. The summed E-state index contributed by atoms with van der Waals surface area (Å²) in [6, 6.07) is 12.3. The van der Waals surface area contributed by atoms with Gasteiger partial charge in [-0.15, -0.1) is 0 Å². The van der Waals surface area contributed by atoms with E-state index in [1.807, 2.05) is 39.0 Å². The van der Waals surface area contributed by atoms with Crippen LogP contribution in [0.3, 0.4) is 0 Å². The average molecular weight is 433 g/mol. The van der Waals surface area contributed by atoms with E-state index in [-0.39, 0.29) is 6.42 Å². The highest BCUT2D eigenvalue weighted by Crippen LogP contribution is 2.24. The predicted molar refractivity (Wildman–Crippen MR) is 119 cm³/mol. The highest BCUT2D eigenvalue weighted by atomic mass is 32.2. The van der Waals surface area contributed by atoms with Gasteiger partial charge in [0.1, 0.15) is 16.8 Å². The maximum Gasteiger partial charge on any atom is 0.242 e. The van der Waals surface area contributed by atoms with Gasteiger partial charge >= 0.3 is 0 Å². The Bertz CT molecular complexity index is 998. The zero-order valence-corrected chi connectivity index (χ0v) is 18.5. The van der Waals surface area contributed by atoms with Crippen molar-refractivity contribution in [3.8, 4) is 5.75 Å². The summed E-state index contributed by atoms with van der Waals surface area (Å²) in [5.41, 5.74) is 2.64. The second-order valence-electron chi connectivity index (χ2n) is 6.94. The van der Waals surface area contributed by atoms with Crippen LogP contribution in [0.2, 0.25) is 0 Å². The lowest BCUT2D eigenvalue weighted by molar-refractivity contribution is -0.115. The molecule has 7 nitrogen and oxygen atoms in total. The number of para-hydroxylation sites is 3. The largest absolute Gasteiger partial charge is 0.492 e. The van der Waals surface area contributed by atoms with E-state index >= 15 is 0 Å². The Morgan fingerprint density at radius 3 is 2.20 bits per heavy atom. The number of anilines is 2. The lowest BCUT2D eigenvalue weighted by atomic mass is 10.1. The Hall–Kier alpha value is -2.87. The van der Waals surface area contributed by atoms with Crippen LogP contribution in [0.1, 0.15) is 31.4 Å². The van der Waals surface area contributed by atoms with Crippen LogP contribution >= 0.6 is 0 Å². The number of rotatable bonds is 9. The normalized spacial score (nSPS) is 12.1. The Labute approximate surface area is 177 Å². The minimum atomic E-state index is -4.03. The number of carbonyl (C=O) groups excluding carboxylic acids is 2. The Morgan fingerprint density at radius 1 is 0.967 bits per heavy atom. The Morgan fingerprint density at radius 2 is 1.60 bits per heavy atom. The van der Waals surface area contributed by atoms with Crippen molar-refractivity contribution in [2.45, 2.75) is 39.4 Å².